The molecule has 3 atom stereocenters. The molecule has 7 nitrogen and oxygen atoms in total. The van der Waals surface area contributed by atoms with E-state index in [1.807, 2.05) is 39.5 Å². The normalized spacial score (nSPS) is 24.9. The predicted octanol–water partition coefficient (Wildman–Crippen LogP) is 1.18. The Kier molecular flexibility index (Phi) is 3.27. The molecule has 0 aromatic carbocycles. The first-order valence-electron chi connectivity index (χ1n) is 7.50. The highest BCUT2D eigenvalue weighted by molar-refractivity contribution is 5.49. The fraction of sp³-hybridized carbons (Fsp3) is 0.400. The number of hydrogen-bond acceptors (Lipinski definition) is 5. The van der Waals surface area contributed by atoms with Crippen molar-refractivity contribution in [2.75, 3.05) is 5.32 Å². The largest absolute Gasteiger partial charge is 0.391 e. The predicted molar refractivity (Wildman–Crippen MR) is 81.4 cm³/mol. The number of aliphatic hydroxyl groups excluding tert-OH is 1. The molecule has 7 heteroatoms. The maximum atomic E-state index is 10.3. The molecule has 0 amide bonds. The Morgan fingerprint density at radius 3 is 3.09 bits per heavy atom. The number of nitrogens with zero attached hydrogens (tertiary/aromatic N) is 5. The number of hydrogen-bond donors (Lipinski definition) is 2. The Morgan fingerprint density at radius 2 is 2.23 bits per heavy atom. The molecule has 1 fully saturated rings. The second-order valence-corrected chi connectivity index (χ2v) is 5.85. The Labute approximate surface area is 127 Å². The lowest BCUT2D eigenvalue weighted by molar-refractivity contribution is 0.165. The third-order valence-electron chi connectivity index (χ3n) is 4.30. The van der Waals surface area contributed by atoms with Crippen molar-refractivity contribution < 1.29 is 5.11 Å². The molecule has 0 spiro atoms. The molecule has 3 aromatic rings. The van der Waals surface area contributed by atoms with Gasteiger partial charge in [-0.05, 0) is 37.0 Å². The summed E-state index contributed by atoms with van der Waals surface area (Å²) in [5, 5.41) is 26.0. The van der Waals surface area contributed by atoms with Gasteiger partial charge < -0.3 is 10.4 Å². The third-order valence-corrected chi connectivity index (χ3v) is 4.30. The molecule has 22 heavy (non-hydrogen) atoms. The Bertz CT molecular complexity index is 752. The first-order chi connectivity index (χ1) is 10.8. The first-order valence-corrected chi connectivity index (χ1v) is 7.50. The maximum absolute atomic E-state index is 10.3. The lowest BCUT2D eigenvalue weighted by Gasteiger charge is -2.18. The fourth-order valence-electron chi connectivity index (χ4n) is 3.25. The quantitative estimate of drug-likeness (QED) is 0.756. The van der Waals surface area contributed by atoms with Gasteiger partial charge in [0.05, 0.1) is 12.1 Å². The Balaban J connectivity index is 1.48. The van der Waals surface area contributed by atoms with Crippen LogP contribution in [0.25, 0.3) is 5.65 Å². The lowest BCUT2D eigenvalue weighted by atomic mass is 10.1. The van der Waals surface area contributed by atoms with Crippen molar-refractivity contribution in [2.24, 2.45) is 5.92 Å². The summed E-state index contributed by atoms with van der Waals surface area (Å²) in [5.74, 6) is 1.33. The number of nitrogens with one attached hydrogen (secondary N) is 1. The average molecular weight is 298 g/mol. The van der Waals surface area contributed by atoms with E-state index < -0.39 is 0 Å². The molecular weight excluding hydrogens is 280 g/mol. The summed E-state index contributed by atoms with van der Waals surface area (Å²) in [6.45, 7) is 0.846. The number of aromatic nitrogens is 5. The minimum atomic E-state index is -0.354. The van der Waals surface area contributed by atoms with Crippen LogP contribution in [0.1, 0.15) is 12.8 Å². The van der Waals surface area contributed by atoms with Gasteiger partial charge in [0.15, 0.2) is 5.65 Å². The van der Waals surface area contributed by atoms with Gasteiger partial charge in [0.2, 0.25) is 0 Å². The van der Waals surface area contributed by atoms with E-state index in [1.54, 1.807) is 12.5 Å². The van der Waals surface area contributed by atoms with E-state index >= 15 is 0 Å². The molecule has 3 heterocycles. The van der Waals surface area contributed by atoms with Crippen molar-refractivity contribution in [3.63, 3.8) is 0 Å². The number of rotatable bonds is 4. The molecule has 0 bridgehead atoms. The number of pyridine rings is 1. The molecule has 0 saturated heterocycles. The zero-order valence-corrected chi connectivity index (χ0v) is 12.1. The zero-order valence-electron chi connectivity index (χ0n) is 12.1. The first kappa shape index (κ1) is 13.3. The van der Waals surface area contributed by atoms with E-state index in [4.69, 9.17) is 0 Å². The van der Waals surface area contributed by atoms with Gasteiger partial charge in [-0.25, -0.2) is 0 Å². The SMILES string of the molecule is O[C@@H]1CC(Cn2cccn2)C[C@H]1Nc1cccc2nncn12. The van der Waals surface area contributed by atoms with E-state index in [0.717, 1.165) is 30.9 Å². The standard InChI is InChI=1S/C15H18N6O/c22-13-8-11(9-20-6-2-5-17-20)7-12(13)18-14-3-1-4-15-19-16-10-21(14)15/h1-6,10-13,18,22H,7-9H2/t11?,12-,13-/m1/s1. The van der Waals surface area contributed by atoms with Gasteiger partial charge in [-0.1, -0.05) is 6.07 Å². The Morgan fingerprint density at radius 1 is 1.27 bits per heavy atom. The number of anilines is 1. The van der Waals surface area contributed by atoms with Crippen molar-refractivity contribution in [3.8, 4) is 0 Å². The summed E-state index contributed by atoms with van der Waals surface area (Å²) < 4.78 is 3.83. The van der Waals surface area contributed by atoms with Crippen molar-refractivity contribution in [3.05, 3.63) is 43.0 Å². The highest BCUT2D eigenvalue weighted by Crippen LogP contribution is 2.29. The summed E-state index contributed by atoms with van der Waals surface area (Å²) in [4.78, 5) is 0. The van der Waals surface area contributed by atoms with Gasteiger partial charge in [0.25, 0.3) is 0 Å². The van der Waals surface area contributed by atoms with Crippen LogP contribution >= 0.6 is 0 Å². The molecule has 3 aromatic heterocycles. The van der Waals surface area contributed by atoms with Crippen LogP contribution in [0.15, 0.2) is 43.0 Å². The van der Waals surface area contributed by atoms with Crippen LogP contribution in [-0.4, -0.2) is 41.6 Å². The van der Waals surface area contributed by atoms with Crippen LogP contribution in [0, 0.1) is 5.92 Å². The summed E-state index contributed by atoms with van der Waals surface area (Å²) in [7, 11) is 0. The number of aliphatic hydroxyl groups is 1. The van der Waals surface area contributed by atoms with Gasteiger partial charge in [-0.3, -0.25) is 9.08 Å². The van der Waals surface area contributed by atoms with Gasteiger partial charge in [0.1, 0.15) is 12.1 Å². The third kappa shape index (κ3) is 2.43. The van der Waals surface area contributed by atoms with E-state index in [1.165, 1.54) is 0 Å². The summed E-state index contributed by atoms with van der Waals surface area (Å²) >= 11 is 0. The summed E-state index contributed by atoms with van der Waals surface area (Å²) in [6.07, 6.45) is 6.78. The van der Waals surface area contributed by atoms with Gasteiger partial charge in [-0.2, -0.15) is 5.10 Å². The highest BCUT2D eigenvalue weighted by atomic mass is 16.3. The molecule has 4 rings (SSSR count). The van der Waals surface area contributed by atoms with Crippen molar-refractivity contribution in [1.82, 2.24) is 24.4 Å². The molecule has 1 saturated carbocycles. The van der Waals surface area contributed by atoms with Crippen LogP contribution < -0.4 is 5.32 Å². The molecule has 114 valence electrons. The van der Waals surface area contributed by atoms with Crippen molar-refractivity contribution in [1.29, 1.82) is 0 Å². The van der Waals surface area contributed by atoms with E-state index in [0.29, 0.717) is 5.92 Å². The summed E-state index contributed by atoms with van der Waals surface area (Å²) in [5.41, 5.74) is 0.797. The minimum Gasteiger partial charge on any atom is -0.391 e. The van der Waals surface area contributed by atoms with Crippen LogP contribution in [0.4, 0.5) is 5.82 Å². The molecule has 1 aliphatic rings. The van der Waals surface area contributed by atoms with Crippen LogP contribution in [0.2, 0.25) is 0 Å². The average Bonchev–Trinajstić information content (AvgIpc) is 3.22. The van der Waals surface area contributed by atoms with Gasteiger partial charge in [0, 0.05) is 18.9 Å². The molecular formula is C15H18N6O. The zero-order chi connectivity index (χ0) is 14.9. The molecule has 0 radical (unpaired) electrons. The van der Waals surface area contributed by atoms with Crippen LogP contribution in [-0.2, 0) is 6.54 Å². The molecule has 2 N–H and O–H groups in total. The Hall–Kier alpha value is -2.41. The lowest BCUT2D eigenvalue weighted by Crippen LogP contribution is -2.28. The van der Waals surface area contributed by atoms with Gasteiger partial charge in [-0.15, -0.1) is 10.2 Å². The second-order valence-electron chi connectivity index (χ2n) is 5.85. The number of fused-ring (bicyclic) bond motifs is 1. The topological polar surface area (TPSA) is 80.3 Å². The van der Waals surface area contributed by atoms with E-state index in [-0.39, 0.29) is 12.1 Å². The maximum Gasteiger partial charge on any atom is 0.162 e. The van der Waals surface area contributed by atoms with E-state index in [9.17, 15) is 5.11 Å². The highest BCUT2D eigenvalue weighted by Gasteiger charge is 2.33. The minimum absolute atomic E-state index is 0.0357. The molecule has 1 aliphatic carbocycles. The van der Waals surface area contributed by atoms with Gasteiger partial charge >= 0.3 is 0 Å². The molecule has 1 unspecified atom stereocenters. The van der Waals surface area contributed by atoms with Crippen LogP contribution in [0.3, 0.4) is 0 Å². The van der Waals surface area contributed by atoms with Crippen molar-refractivity contribution in [2.45, 2.75) is 31.5 Å². The fourth-order valence-corrected chi connectivity index (χ4v) is 3.25. The summed E-state index contributed by atoms with van der Waals surface area (Å²) in [6, 6.07) is 7.78. The monoisotopic (exact) mass is 298 g/mol. The second kappa shape index (κ2) is 5.42. The van der Waals surface area contributed by atoms with Crippen LogP contribution in [0.5, 0.6) is 0 Å². The smallest absolute Gasteiger partial charge is 0.162 e. The molecule has 0 aliphatic heterocycles. The van der Waals surface area contributed by atoms with Crippen molar-refractivity contribution >= 4 is 11.5 Å². The van der Waals surface area contributed by atoms with E-state index in [2.05, 4.69) is 20.6 Å².